The van der Waals surface area contributed by atoms with Gasteiger partial charge < -0.3 is 15.2 Å². The minimum absolute atomic E-state index is 0. The first kappa shape index (κ1) is 14.5. The molecule has 0 bridgehead atoms. The van der Waals surface area contributed by atoms with E-state index in [1.807, 2.05) is 0 Å². The van der Waals surface area contributed by atoms with Gasteiger partial charge in [0.1, 0.15) is 18.0 Å². The third kappa shape index (κ3) is 3.56. The summed E-state index contributed by atoms with van der Waals surface area (Å²) in [7, 11) is 1.60. The molecule has 0 aliphatic rings. The quantitative estimate of drug-likeness (QED) is 0.608. The van der Waals surface area contributed by atoms with Crippen molar-refractivity contribution in [2.75, 3.05) is 25.6 Å². The Labute approximate surface area is 98.8 Å². The third-order valence-corrected chi connectivity index (χ3v) is 1.79. The van der Waals surface area contributed by atoms with E-state index in [4.69, 9.17) is 9.84 Å². The summed E-state index contributed by atoms with van der Waals surface area (Å²) in [4.78, 5) is 10.1. The molecule has 0 unspecified atom stereocenters. The molecule has 0 aliphatic heterocycles. The number of nitro benzene ring substituents is 1. The Hall–Kier alpha value is -1.53. The van der Waals surface area contributed by atoms with Crippen LogP contribution < -0.4 is 10.1 Å². The van der Waals surface area contributed by atoms with Crippen molar-refractivity contribution < 1.29 is 14.8 Å². The fraction of sp³-hybridized carbons (Fsp3) is 0.333. The molecule has 90 valence electrons. The van der Waals surface area contributed by atoms with Crippen LogP contribution in [0.3, 0.4) is 0 Å². The Morgan fingerprint density at radius 2 is 2.25 bits per heavy atom. The first-order valence-electron chi connectivity index (χ1n) is 4.39. The first-order valence-corrected chi connectivity index (χ1v) is 4.39. The van der Waals surface area contributed by atoms with Gasteiger partial charge in [-0.25, -0.2) is 0 Å². The van der Waals surface area contributed by atoms with Gasteiger partial charge in [0.25, 0.3) is 5.69 Å². The Morgan fingerprint density at radius 3 is 2.75 bits per heavy atom. The number of anilines is 1. The predicted octanol–water partition coefficient (Wildman–Crippen LogP) is 1.43. The molecule has 0 fully saturated rings. The number of benzene rings is 1. The van der Waals surface area contributed by atoms with E-state index in [2.05, 4.69) is 5.32 Å². The van der Waals surface area contributed by atoms with Gasteiger partial charge in [0, 0.05) is 19.2 Å². The van der Waals surface area contributed by atoms with Gasteiger partial charge in [-0.1, -0.05) is 0 Å². The topological polar surface area (TPSA) is 84.6 Å². The highest BCUT2D eigenvalue weighted by Gasteiger charge is 2.12. The molecule has 1 rings (SSSR count). The van der Waals surface area contributed by atoms with Gasteiger partial charge in [0.05, 0.1) is 11.5 Å². The zero-order valence-electron chi connectivity index (χ0n) is 8.67. The number of nitro groups is 1. The standard InChI is InChI=1S/C9H12N2O4.ClH/c1-10-8-6-7(15-5-4-12)2-3-9(8)11(13)14;/h2-3,6,10,12H,4-5H2,1H3;1H. The average molecular weight is 249 g/mol. The minimum Gasteiger partial charge on any atom is -0.491 e. The molecule has 0 atom stereocenters. The van der Waals surface area contributed by atoms with E-state index in [1.165, 1.54) is 18.2 Å². The summed E-state index contributed by atoms with van der Waals surface area (Å²) in [6.45, 7) is 0.0762. The molecule has 16 heavy (non-hydrogen) atoms. The van der Waals surface area contributed by atoms with Crippen LogP contribution >= 0.6 is 12.4 Å². The van der Waals surface area contributed by atoms with Crippen LogP contribution in [0.1, 0.15) is 0 Å². The van der Waals surface area contributed by atoms with Crippen LogP contribution in [-0.2, 0) is 0 Å². The van der Waals surface area contributed by atoms with Crippen molar-refractivity contribution in [3.8, 4) is 5.75 Å². The molecule has 6 nitrogen and oxygen atoms in total. The molecule has 0 heterocycles. The lowest BCUT2D eigenvalue weighted by Crippen LogP contribution is -2.03. The number of halogens is 1. The molecule has 0 aliphatic carbocycles. The van der Waals surface area contributed by atoms with E-state index < -0.39 is 4.92 Å². The highest BCUT2D eigenvalue weighted by Crippen LogP contribution is 2.28. The summed E-state index contributed by atoms with van der Waals surface area (Å²) in [5.74, 6) is 0.485. The number of aliphatic hydroxyl groups excluding tert-OH is 1. The van der Waals surface area contributed by atoms with Crippen molar-refractivity contribution in [1.29, 1.82) is 0 Å². The maximum Gasteiger partial charge on any atom is 0.292 e. The minimum atomic E-state index is -0.471. The Balaban J connectivity index is 0.00000225. The molecular formula is C9H13ClN2O4. The van der Waals surface area contributed by atoms with E-state index in [0.717, 1.165) is 0 Å². The zero-order chi connectivity index (χ0) is 11.3. The molecule has 7 heteroatoms. The molecule has 1 aromatic rings. The lowest BCUT2D eigenvalue weighted by molar-refractivity contribution is -0.384. The molecule has 0 spiro atoms. The highest BCUT2D eigenvalue weighted by atomic mass is 35.5. The molecule has 0 amide bonds. The number of hydrogen-bond donors (Lipinski definition) is 2. The second-order valence-electron chi connectivity index (χ2n) is 2.76. The summed E-state index contributed by atoms with van der Waals surface area (Å²) in [5.41, 5.74) is 0.379. The fourth-order valence-electron chi connectivity index (χ4n) is 1.13. The number of nitrogens with one attached hydrogen (secondary N) is 1. The highest BCUT2D eigenvalue weighted by molar-refractivity contribution is 5.85. The van der Waals surface area contributed by atoms with E-state index in [9.17, 15) is 10.1 Å². The molecule has 0 saturated carbocycles. The maximum absolute atomic E-state index is 10.6. The van der Waals surface area contributed by atoms with Gasteiger partial charge in [0.15, 0.2) is 0 Å². The number of rotatable bonds is 5. The van der Waals surface area contributed by atoms with Crippen molar-refractivity contribution in [2.45, 2.75) is 0 Å². The third-order valence-electron chi connectivity index (χ3n) is 1.79. The normalized spacial score (nSPS) is 9.12. The van der Waals surface area contributed by atoms with Gasteiger partial charge in [-0.05, 0) is 6.07 Å². The van der Waals surface area contributed by atoms with Gasteiger partial charge >= 0.3 is 0 Å². The second-order valence-corrected chi connectivity index (χ2v) is 2.76. The second kappa shape index (κ2) is 6.86. The lowest BCUT2D eigenvalue weighted by atomic mass is 10.2. The molecule has 0 radical (unpaired) electrons. The van der Waals surface area contributed by atoms with Crippen LogP contribution in [-0.4, -0.2) is 30.3 Å². The molecule has 1 aromatic carbocycles. The summed E-state index contributed by atoms with van der Waals surface area (Å²) in [5, 5.41) is 21.8. The van der Waals surface area contributed by atoms with E-state index in [0.29, 0.717) is 11.4 Å². The van der Waals surface area contributed by atoms with Gasteiger partial charge in [-0.2, -0.15) is 0 Å². The van der Waals surface area contributed by atoms with Gasteiger partial charge in [0.2, 0.25) is 0 Å². The summed E-state index contributed by atoms with van der Waals surface area (Å²) >= 11 is 0. The van der Waals surface area contributed by atoms with Crippen LogP contribution in [0.2, 0.25) is 0 Å². The van der Waals surface area contributed by atoms with E-state index >= 15 is 0 Å². The van der Waals surface area contributed by atoms with Crippen molar-refractivity contribution in [3.05, 3.63) is 28.3 Å². The van der Waals surface area contributed by atoms with Crippen molar-refractivity contribution in [3.63, 3.8) is 0 Å². The van der Waals surface area contributed by atoms with Gasteiger partial charge in [-0.15, -0.1) is 12.4 Å². The molecule has 0 saturated heterocycles. The van der Waals surface area contributed by atoms with Crippen molar-refractivity contribution in [2.24, 2.45) is 0 Å². The summed E-state index contributed by atoms with van der Waals surface area (Å²) < 4.78 is 5.12. The fourth-order valence-corrected chi connectivity index (χ4v) is 1.13. The SMILES string of the molecule is CNc1cc(OCCO)ccc1[N+](=O)[O-].Cl. The summed E-state index contributed by atoms with van der Waals surface area (Å²) in [6.07, 6.45) is 0. The average Bonchev–Trinajstić information content (AvgIpc) is 2.25. The monoisotopic (exact) mass is 248 g/mol. The Bertz CT molecular complexity index is 359. The van der Waals surface area contributed by atoms with Crippen LogP contribution in [0.4, 0.5) is 11.4 Å². The molecule has 2 N–H and O–H groups in total. The Morgan fingerprint density at radius 1 is 1.56 bits per heavy atom. The van der Waals surface area contributed by atoms with E-state index in [1.54, 1.807) is 7.05 Å². The number of nitrogens with zero attached hydrogens (tertiary/aromatic N) is 1. The van der Waals surface area contributed by atoms with Gasteiger partial charge in [-0.3, -0.25) is 10.1 Å². The summed E-state index contributed by atoms with van der Waals surface area (Å²) in [6, 6.07) is 4.38. The van der Waals surface area contributed by atoms with Crippen molar-refractivity contribution >= 4 is 23.8 Å². The predicted molar refractivity (Wildman–Crippen MR) is 62.5 cm³/mol. The zero-order valence-corrected chi connectivity index (χ0v) is 9.49. The van der Waals surface area contributed by atoms with Crippen LogP contribution in [0.15, 0.2) is 18.2 Å². The van der Waals surface area contributed by atoms with Crippen molar-refractivity contribution in [1.82, 2.24) is 0 Å². The van der Waals surface area contributed by atoms with Crippen LogP contribution in [0.5, 0.6) is 5.75 Å². The number of hydrogen-bond acceptors (Lipinski definition) is 5. The van der Waals surface area contributed by atoms with Crippen LogP contribution in [0, 0.1) is 10.1 Å². The lowest BCUT2D eigenvalue weighted by Gasteiger charge is -2.06. The smallest absolute Gasteiger partial charge is 0.292 e. The van der Waals surface area contributed by atoms with E-state index in [-0.39, 0.29) is 31.3 Å². The maximum atomic E-state index is 10.6. The molecular weight excluding hydrogens is 236 g/mol. The number of aliphatic hydroxyl groups is 1. The number of ether oxygens (including phenoxy) is 1. The molecule has 0 aromatic heterocycles. The Kier molecular flexibility index (Phi) is 6.21. The first-order chi connectivity index (χ1) is 7.19. The van der Waals surface area contributed by atoms with Crippen LogP contribution in [0.25, 0.3) is 0 Å². The largest absolute Gasteiger partial charge is 0.491 e.